The minimum absolute atomic E-state index is 0.646. The van der Waals surface area contributed by atoms with Crippen LogP contribution in [0.1, 0.15) is 56.0 Å². The van der Waals surface area contributed by atoms with Gasteiger partial charge in [-0.3, -0.25) is 4.90 Å². The van der Waals surface area contributed by atoms with Crippen molar-refractivity contribution in [2.75, 3.05) is 13.2 Å². The zero-order valence-electron chi connectivity index (χ0n) is 26.6. The first-order valence-electron chi connectivity index (χ1n) is 16.0. The lowest BCUT2D eigenvalue weighted by molar-refractivity contribution is 0.240. The molecule has 0 amide bonds. The molecule has 1 heterocycles. The molecule has 0 atom stereocenters. The highest BCUT2D eigenvalue weighted by molar-refractivity contribution is 5.69. The Morgan fingerprint density at radius 1 is 0.659 bits per heavy atom. The van der Waals surface area contributed by atoms with Crippen molar-refractivity contribution in [3.8, 4) is 34.1 Å². The molecule has 44 heavy (non-hydrogen) atoms. The monoisotopic (exact) mass is 587 g/mol. The summed E-state index contributed by atoms with van der Waals surface area (Å²) < 4.78 is 14.1. The number of aromatic nitrogens is 2. The van der Waals surface area contributed by atoms with Gasteiger partial charge in [-0.05, 0) is 74.7 Å². The molecule has 228 valence electrons. The van der Waals surface area contributed by atoms with Crippen LogP contribution in [0.5, 0.6) is 11.5 Å². The Balaban J connectivity index is 1.61. The Morgan fingerprint density at radius 2 is 1.34 bits per heavy atom. The van der Waals surface area contributed by atoms with Gasteiger partial charge < -0.3 is 14.0 Å². The first-order valence-corrected chi connectivity index (χ1v) is 16.0. The largest absolute Gasteiger partial charge is 0.494 e. The SMILES string of the molecule is CCCCn1c(-c2ccccc2)nc(-c2ccc(OCC)cc2)c1CN(Cc1cccc(C)c1)Cc1cccc(OCC)c1. The van der Waals surface area contributed by atoms with Crippen molar-refractivity contribution in [3.63, 3.8) is 0 Å². The smallest absolute Gasteiger partial charge is 0.140 e. The summed E-state index contributed by atoms with van der Waals surface area (Å²) in [4.78, 5) is 7.91. The van der Waals surface area contributed by atoms with Gasteiger partial charge >= 0.3 is 0 Å². The first kappa shape index (κ1) is 31.1. The fourth-order valence-corrected chi connectivity index (χ4v) is 5.72. The maximum absolute atomic E-state index is 5.86. The van der Waals surface area contributed by atoms with Gasteiger partial charge in [0.15, 0.2) is 0 Å². The molecule has 5 nitrogen and oxygen atoms in total. The molecule has 0 radical (unpaired) electrons. The van der Waals surface area contributed by atoms with E-state index in [0.29, 0.717) is 13.2 Å². The first-order chi connectivity index (χ1) is 21.6. The highest BCUT2D eigenvalue weighted by Crippen LogP contribution is 2.33. The molecule has 0 spiro atoms. The molecule has 0 unspecified atom stereocenters. The number of benzene rings is 4. The molecule has 5 heteroatoms. The van der Waals surface area contributed by atoms with Gasteiger partial charge in [0.25, 0.3) is 0 Å². The number of hydrogen-bond donors (Lipinski definition) is 0. The summed E-state index contributed by atoms with van der Waals surface area (Å²) in [5, 5.41) is 0. The van der Waals surface area contributed by atoms with E-state index in [1.54, 1.807) is 0 Å². The summed E-state index contributed by atoms with van der Waals surface area (Å²) >= 11 is 0. The third-order valence-corrected chi connectivity index (χ3v) is 7.76. The number of unbranched alkanes of at least 4 members (excludes halogenated alkanes) is 1. The molecule has 0 fully saturated rings. The fourth-order valence-electron chi connectivity index (χ4n) is 5.72. The Hall–Kier alpha value is -4.35. The number of ether oxygens (including phenoxy) is 2. The molecule has 0 aliphatic carbocycles. The standard InChI is InChI=1S/C39H45N3O2/c1-5-8-24-42-37(38(33-20-22-35(23-21-33)43-6-2)40-39(42)34-17-10-9-11-18-34)29-41(27-31-15-12-14-30(4)25-31)28-32-16-13-19-36(26-32)44-7-3/h9-23,25-26H,5-8,24,27-29H2,1-4H3. The van der Waals surface area contributed by atoms with Gasteiger partial charge in [0.1, 0.15) is 17.3 Å². The van der Waals surface area contributed by atoms with Crippen LogP contribution in [0.4, 0.5) is 0 Å². The van der Waals surface area contributed by atoms with Crippen LogP contribution < -0.4 is 9.47 Å². The van der Waals surface area contributed by atoms with E-state index in [4.69, 9.17) is 14.5 Å². The van der Waals surface area contributed by atoms with Gasteiger partial charge in [-0.15, -0.1) is 0 Å². The van der Waals surface area contributed by atoms with Crippen molar-refractivity contribution in [2.24, 2.45) is 0 Å². The number of rotatable bonds is 15. The van der Waals surface area contributed by atoms with Gasteiger partial charge in [-0.1, -0.05) is 85.6 Å². The third-order valence-electron chi connectivity index (χ3n) is 7.76. The molecule has 0 N–H and O–H groups in total. The fraction of sp³-hybridized carbons (Fsp3) is 0.308. The number of aryl methyl sites for hydroxylation is 1. The molecule has 5 rings (SSSR count). The second-order valence-corrected chi connectivity index (χ2v) is 11.3. The summed E-state index contributed by atoms with van der Waals surface area (Å²) in [5.41, 5.74) is 8.30. The van der Waals surface area contributed by atoms with Crippen molar-refractivity contribution >= 4 is 0 Å². The highest BCUT2D eigenvalue weighted by Gasteiger charge is 2.22. The van der Waals surface area contributed by atoms with Crippen LogP contribution in [0.25, 0.3) is 22.6 Å². The normalized spacial score (nSPS) is 11.2. The quantitative estimate of drug-likeness (QED) is 0.122. The average Bonchev–Trinajstić information content (AvgIpc) is 3.39. The average molecular weight is 588 g/mol. The molecule has 0 aliphatic rings. The maximum atomic E-state index is 5.86. The Labute approximate surface area is 263 Å². The molecule has 0 bridgehead atoms. The Kier molecular flexibility index (Phi) is 10.9. The van der Waals surface area contributed by atoms with Gasteiger partial charge in [-0.2, -0.15) is 0 Å². The highest BCUT2D eigenvalue weighted by atomic mass is 16.5. The van der Waals surface area contributed by atoms with Crippen LogP contribution in [-0.4, -0.2) is 27.7 Å². The van der Waals surface area contributed by atoms with E-state index in [0.717, 1.165) is 73.2 Å². The molecule has 4 aromatic carbocycles. The number of imidazole rings is 1. The molecular formula is C39H45N3O2. The third kappa shape index (κ3) is 7.97. The molecular weight excluding hydrogens is 542 g/mol. The van der Waals surface area contributed by atoms with Crippen LogP contribution in [0.2, 0.25) is 0 Å². The summed E-state index contributed by atoms with van der Waals surface area (Å²) in [6.07, 6.45) is 2.20. The molecule has 0 saturated carbocycles. The zero-order chi connectivity index (χ0) is 30.7. The van der Waals surface area contributed by atoms with Crippen LogP contribution in [0, 0.1) is 6.92 Å². The van der Waals surface area contributed by atoms with E-state index in [1.807, 2.05) is 19.9 Å². The number of nitrogens with zero attached hydrogens (tertiary/aromatic N) is 3. The summed E-state index contributed by atoms with van der Waals surface area (Å²) in [6.45, 7) is 13.0. The summed E-state index contributed by atoms with van der Waals surface area (Å²) in [5.74, 6) is 2.81. The molecule has 0 aliphatic heterocycles. The summed E-state index contributed by atoms with van der Waals surface area (Å²) in [6, 6.07) is 36.3. The zero-order valence-corrected chi connectivity index (χ0v) is 26.6. The lowest BCUT2D eigenvalue weighted by atomic mass is 10.1. The molecule has 1 aromatic heterocycles. The Bertz CT molecular complexity index is 1610. The van der Waals surface area contributed by atoms with E-state index in [2.05, 4.69) is 120 Å². The van der Waals surface area contributed by atoms with Gasteiger partial charge in [0.2, 0.25) is 0 Å². The topological polar surface area (TPSA) is 39.5 Å². The van der Waals surface area contributed by atoms with E-state index >= 15 is 0 Å². The molecule has 0 saturated heterocycles. The van der Waals surface area contributed by atoms with Crippen molar-refractivity contribution < 1.29 is 9.47 Å². The minimum Gasteiger partial charge on any atom is -0.494 e. The van der Waals surface area contributed by atoms with Crippen molar-refractivity contribution in [1.29, 1.82) is 0 Å². The minimum atomic E-state index is 0.646. The van der Waals surface area contributed by atoms with Crippen molar-refractivity contribution in [2.45, 2.75) is 66.7 Å². The second kappa shape index (κ2) is 15.4. The maximum Gasteiger partial charge on any atom is 0.140 e. The second-order valence-electron chi connectivity index (χ2n) is 11.3. The van der Waals surface area contributed by atoms with E-state index < -0.39 is 0 Å². The Morgan fingerprint density at radius 3 is 2.02 bits per heavy atom. The lowest BCUT2D eigenvalue weighted by Gasteiger charge is -2.25. The van der Waals surface area contributed by atoms with Crippen LogP contribution in [0.15, 0.2) is 103 Å². The number of hydrogen-bond acceptors (Lipinski definition) is 4. The predicted octanol–water partition coefficient (Wildman–Crippen LogP) is 9.33. The lowest BCUT2D eigenvalue weighted by Crippen LogP contribution is -2.24. The van der Waals surface area contributed by atoms with Gasteiger partial charge in [-0.25, -0.2) is 4.98 Å². The van der Waals surface area contributed by atoms with Crippen molar-refractivity contribution in [1.82, 2.24) is 14.5 Å². The van der Waals surface area contributed by atoms with E-state index in [-0.39, 0.29) is 0 Å². The van der Waals surface area contributed by atoms with Crippen LogP contribution in [0.3, 0.4) is 0 Å². The van der Waals surface area contributed by atoms with Gasteiger partial charge in [0.05, 0.1) is 24.6 Å². The van der Waals surface area contributed by atoms with Crippen LogP contribution in [-0.2, 0) is 26.2 Å². The molecule has 5 aromatic rings. The summed E-state index contributed by atoms with van der Waals surface area (Å²) in [7, 11) is 0. The van der Waals surface area contributed by atoms with Crippen molar-refractivity contribution in [3.05, 3.63) is 126 Å². The van der Waals surface area contributed by atoms with Gasteiger partial charge in [0, 0.05) is 37.3 Å². The van der Waals surface area contributed by atoms with E-state index in [9.17, 15) is 0 Å². The predicted molar refractivity (Wildman–Crippen MR) is 181 cm³/mol. The van der Waals surface area contributed by atoms with Crippen LogP contribution >= 0.6 is 0 Å². The van der Waals surface area contributed by atoms with E-state index in [1.165, 1.54) is 22.4 Å².